The summed E-state index contributed by atoms with van der Waals surface area (Å²) in [6, 6.07) is 2.27. The largest absolute Gasteiger partial charge is 0.446 e. The van der Waals surface area contributed by atoms with E-state index in [0.717, 1.165) is 18.4 Å². The third kappa shape index (κ3) is 2.89. The van der Waals surface area contributed by atoms with Crippen molar-refractivity contribution in [1.29, 1.82) is 0 Å². The van der Waals surface area contributed by atoms with E-state index in [1.165, 1.54) is 0 Å². The van der Waals surface area contributed by atoms with E-state index in [4.69, 9.17) is 4.74 Å². The van der Waals surface area contributed by atoms with Crippen LogP contribution in [0.4, 0.5) is 17.6 Å². The maximum Gasteiger partial charge on any atom is 0.281 e. The van der Waals surface area contributed by atoms with Crippen LogP contribution in [0.2, 0.25) is 0 Å². The van der Waals surface area contributed by atoms with E-state index in [1.807, 2.05) is 0 Å². The monoisotopic (exact) mass is 382 g/mol. The van der Waals surface area contributed by atoms with Crippen LogP contribution in [0, 0.1) is 11.6 Å². The van der Waals surface area contributed by atoms with Gasteiger partial charge in [-0.2, -0.15) is 0 Å². The fourth-order valence-electron chi connectivity index (χ4n) is 2.47. The summed E-state index contributed by atoms with van der Waals surface area (Å²) < 4.78 is 82.3. The van der Waals surface area contributed by atoms with Gasteiger partial charge in [0.2, 0.25) is 0 Å². The van der Waals surface area contributed by atoms with Crippen LogP contribution in [-0.4, -0.2) is 25.7 Å². The maximum absolute atomic E-state index is 13.8. The number of aliphatic hydroxyl groups excluding tert-OH is 1. The van der Waals surface area contributed by atoms with Crippen molar-refractivity contribution >= 4 is 21.2 Å². The fraction of sp³-hybridized carbons (Fsp3) is 0.286. The Labute approximate surface area is 138 Å². The van der Waals surface area contributed by atoms with E-state index in [0.29, 0.717) is 17.4 Å². The van der Waals surface area contributed by atoms with Crippen molar-refractivity contribution in [3.63, 3.8) is 0 Å². The van der Waals surface area contributed by atoms with Gasteiger partial charge in [0.15, 0.2) is 14.9 Å². The molecular weight excluding hydrogens is 372 g/mol. The van der Waals surface area contributed by atoms with Crippen LogP contribution in [0.25, 0.3) is 0 Å². The predicted molar refractivity (Wildman–Crippen MR) is 77.5 cm³/mol. The second-order valence-corrected chi connectivity index (χ2v) is 8.58. The first-order valence-corrected chi connectivity index (χ1v) is 9.25. The van der Waals surface area contributed by atoms with Crippen molar-refractivity contribution in [2.75, 3.05) is 6.26 Å². The maximum atomic E-state index is 13.8. The van der Waals surface area contributed by atoms with Gasteiger partial charge in [0.25, 0.3) is 5.92 Å². The Morgan fingerprint density at radius 2 is 1.83 bits per heavy atom. The molecule has 0 radical (unpaired) electrons. The number of ether oxygens (including phenoxy) is 1. The van der Waals surface area contributed by atoms with Gasteiger partial charge in [-0.05, 0) is 0 Å². The molecule has 3 rings (SSSR count). The van der Waals surface area contributed by atoms with Gasteiger partial charge in [0.05, 0.1) is 0 Å². The zero-order valence-electron chi connectivity index (χ0n) is 12.0. The van der Waals surface area contributed by atoms with Gasteiger partial charge in [-0.15, -0.1) is 0 Å². The van der Waals surface area contributed by atoms with E-state index in [-0.39, 0.29) is 16.4 Å². The molecule has 0 fully saturated rings. The van der Waals surface area contributed by atoms with E-state index in [2.05, 4.69) is 0 Å². The molecule has 1 aromatic carbocycles. The minimum absolute atomic E-state index is 0.178. The molecule has 0 saturated carbocycles. The van der Waals surface area contributed by atoms with Gasteiger partial charge >= 0.3 is 0 Å². The lowest BCUT2D eigenvalue weighted by Gasteiger charge is -2.14. The summed E-state index contributed by atoms with van der Waals surface area (Å²) in [4.78, 5) is 0. The quantitative estimate of drug-likeness (QED) is 0.826. The van der Waals surface area contributed by atoms with Gasteiger partial charge in [-0.25, -0.2) is 26.0 Å². The minimum atomic E-state index is -3.90. The van der Waals surface area contributed by atoms with Crippen molar-refractivity contribution in [3.8, 4) is 10.8 Å². The first-order chi connectivity index (χ1) is 11.0. The molecule has 4 nitrogen and oxygen atoms in total. The Hall–Kier alpha value is -1.65. The number of hydrogen-bond donors (Lipinski definition) is 1. The molecule has 0 unspecified atom stereocenters. The number of hydrogen-bond acceptors (Lipinski definition) is 5. The first kappa shape index (κ1) is 17.2. The topological polar surface area (TPSA) is 63.6 Å². The predicted octanol–water partition coefficient (Wildman–Crippen LogP) is 3.45. The van der Waals surface area contributed by atoms with Crippen LogP contribution in [0.1, 0.15) is 17.2 Å². The van der Waals surface area contributed by atoms with Crippen LogP contribution in [0.3, 0.4) is 0 Å². The van der Waals surface area contributed by atoms with Gasteiger partial charge in [-0.3, -0.25) is 0 Å². The molecule has 0 aliphatic heterocycles. The third-order valence-corrected chi connectivity index (χ3v) is 6.42. The highest BCUT2D eigenvalue weighted by Crippen LogP contribution is 2.54. The van der Waals surface area contributed by atoms with Crippen molar-refractivity contribution in [3.05, 3.63) is 41.0 Å². The van der Waals surface area contributed by atoms with Crippen LogP contribution in [-0.2, 0) is 16.3 Å². The summed E-state index contributed by atoms with van der Waals surface area (Å²) in [7, 11) is -3.90. The lowest BCUT2D eigenvalue weighted by molar-refractivity contribution is -0.0976. The van der Waals surface area contributed by atoms with E-state index in [1.54, 1.807) is 0 Å². The number of thiophene rings is 1. The van der Waals surface area contributed by atoms with Gasteiger partial charge < -0.3 is 9.84 Å². The third-order valence-electron chi connectivity index (χ3n) is 3.45. The second-order valence-electron chi connectivity index (χ2n) is 5.39. The number of aliphatic hydroxyl groups is 1. The lowest BCUT2D eigenvalue weighted by atomic mass is 10.2. The summed E-state index contributed by atoms with van der Waals surface area (Å²) >= 11 is 0.532. The van der Waals surface area contributed by atoms with E-state index in [9.17, 15) is 31.1 Å². The zero-order valence-corrected chi connectivity index (χ0v) is 13.6. The van der Waals surface area contributed by atoms with Crippen molar-refractivity contribution < 1.29 is 35.8 Å². The van der Waals surface area contributed by atoms with Crippen molar-refractivity contribution in [2.45, 2.75) is 22.7 Å². The van der Waals surface area contributed by atoms with Crippen molar-refractivity contribution in [2.24, 2.45) is 0 Å². The first-order valence-electron chi connectivity index (χ1n) is 6.54. The molecule has 0 amide bonds. The normalized spacial score (nSPS) is 19.3. The molecule has 1 N–H and O–H groups in total. The number of alkyl halides is 2. The van der Waals surface area contributed by atoms with E-state index < -0.39 is 49.7 Å². The molecule has 24 heavy (non-hydrogen) atoms. The Morgan fingerprint density at radius 3 is 2.38 bits per heavy atom. The molecule has 2 aromatic rings. The van der Waals surface area contributed by atoms with Gasteiger partial charge in [-0.1, -0.05) is 11.3 Å². The van der Waals surface area contributed by atoms with Crippen LogP contribution in [0.15, 0.2) is 22.4 Å². The zero-order chi connectivity index (χ0) is 17.9. The summed E-state index contributed by atoms with van der Waals surface area (Å²) in [6.45, 7) is 0. The molecule has 1 aliphatic rings. The second kappa shape index (κ2) is 5.43. The Bertz CT molecular complexity index is 901. The molecule has 0 saturated heterocycles. The average molecular weight is 382 g/mol. The Balaban J connectivity index is 2.12. The highest BCUT2D eigenvalue weighted by atomic mass is 32.2. The number of benzene rings is 1. The number of sulfone groups is 1. The van der Waals surface area contributed by atoms with E-state index >= 15 is 0 Å². The number of rotatable bonds is 3. The molecule has 1 heterocycles. The summed E-state index contributed by atoms with van der Waals surface area (Å²) in [5.74, 6) is -5.73. The van der Waals surface area contributed by atoms with Crippen LogP contribution >= 0.6 is 11.3 Å². The lowest BCUT2D eigenvalue weighted by Crippen LogP contribution is -2.22. The summed E-state index contributed by atoms with van der Waals surface area (Å²) in [5, 5.41) is 9.49. The molecule has 1 atom stereocenters. The average Bonchev–Trinajstić information content (AvgIpc) is 2.85. The SMILES string of the molecule is CS(=O)(=O)c1sc(Oc2cc(F)cc(F)c2)c2c1[C@H](O)C(F)(F)C2. The number of fused-ring (bicyclic) bond motifs is 1. The van der Waals surface area contributed by atoms with Crippen LogP contribution < -0.4 is 4.74 Å². The standard InChI is InChI=1S/C14H10F4O4S2/c1-24(20,21)13-10-9(5-14(17,18)11(10)19)12(23-13)22-8-3-6(15)2-7(16)4-8/h2-4,11,19H,5H2,1H3/t11-/m0/s1. The molecule has 130 valence electrons. The molecule has 1 aromatic heterocycles. The summed E-state index contributed by atoms with van der Waals surface area (Å²) in [5.41, 5.74) is -0.595. The molecule has 10 heteroatoms. The fourth-order valence-corrected chi connectivity index (χ4v) is 4.90. The smallest absolute Gasteiger partial charge is 0.281 e. The molecule has 0 spiro atoms. The van der Waals surface area contributed by atoms with Crippen LogP contribution in [0.5, 0.6) is 10.8 Å². The van der Waals surface area contributed by atoms with Crippen molar-refractivity contribution in [1.82, 2.24) is 0 Å². The molecule has 1 aliphatic carbocycles. The summed E-state index contributed by atoms with van der Waals surface area (Å²) in [6.07, 6.45) is -2.40. The van der Waals surface area contributed by atoms with Gasteiger partial charge in [0.1, 0.15) is 27.7 Å². The Morgan fingerprint density at radius 1 is 1.25 bits per heavy atom. The molecular formula is C14H10F4O4S2. The highest BCUT2D eigenvalue weighted by molar-refractivity contribution is 7.92. The Kier molecular flexibility index (Phi) is 3.89. The number of halogens is 4. The van der Waals surface area contributed by atoms with Gasteiger partial charge in [0, 0.05) is 42.0 Å². The highest BCUT2D eigenvalue weighted by Gasteiger charge is 2.52. The minimum Gasteiger partial charge on any atom is -0.446 e. The molecule has 0 bridgehead atoms.